The van der Waals surface area contributed by atoms with E-state index < -0.39 is 0 Å². The number of carbonyl (C=O) groups is 2. The number of benzene rings is 2. The van der Waals surface area contributed by atoms with Gasteiger partial charge in [-0.05, 0) is 59.5 Å². The highest BCUT2D eigenvalue weighted by molar-refractivity contribution is 5.91. The monoisotopic (exact) mass is 495 g/mol. The molecule has 3 heterocycles. The molecule has 7 heteroatoms. The zero-order valence-electron chi connectivity index (χ0n) is 20.7. The first kappa shape index (κ1) is 24.3. The lowest BCUT2D eigenvalue weighted by Gasteiger charge is -2.38. The van der Waals surface area contributed by atoms with Crippen molar-refractivity contribution in [3.63, 3.8) is 0 Å². The Bertz CT molecular complexity index is 1370. The number of furan rings is 1. The number of carbonyl (C=O) groups excluding carboxylic acids is 2. The fraction of sp³-hybridized carbons (Fsp3) is 0.233. The highest BCUT2D eigenvalue weighted by Gasteiger charge is 2.31. The Morgan fingerprint density at radius 2 is 1.89 bits per heavy atom. The number of ether oxygens (including phenoxy) is 1. The second-order valence-electron chi connectivity index (χ2n) is 8.92. The molecule has 1 atom stereocenters. The fourth-order valence-electron chi connectivity index (χ4n) is 4.64. The van der Waals surface area contributed by atoms with E-state index in [9.17, 15) is 9.59 Å². The Kier molecular flexibility index (Phi) is 7.31. The molecule has 1 N–H and O–H groups in total. The van der Waals surface area contributed by atoms with E-state index in [4.69, 9.17) is 9.15 Å². The lowest BCUT2D eigenvalue weighted by atomic mass is 9.87. The molecule has 1 unspecified atom stereocenters. The molecule has 0 saturated carbocycles. The van der Waals surface area contributed by atoms with E-state index in [0.29, 0.717) is 31.0 Å². The van der Waals surface area contributed by atoms with E-state index in [-0.39, 0.29) is 30.2 Å². The molecule has 0 spiro atoms. The van der Waals surface area contributed by atoms with Gasteiger partial charge in [-0.15, -0.1) is 0 Å². The summed E-state index contributed by atoms with van der Waals surface area (Å²) in [6, 6.07) is 24.9. The summed E-state index contributed by atoms with van der Waals surface area (Å²) >= 11 is 0. The van der Waals surface area contributed by atoms with E-state index in [1.54, 1.807) is 18.3 Å². The lowest BCUT2D eigenvalue weighted by Crippen LogP contribution is -2.40. The Hall–Kier alpha value is -4.39. The molecule has 0 aliphatic carbocycles. The van der Waals surface area contributed by atoms with Crippen molar-refractivity contribution in [2.45, 2.75) is 39.0 Å². The molecule has 2 amide bonds. The van der Waals surface area contributed by atoms with Crippen LogP contribution in [0.15, 0.2) is 89.5 Å². The maximum Gasteiger partial charge on any atom is 0.287 e. The number of nitrogens with one attached hydrogen (secondary N) is 1. The minimum atomic E-state index is -0.308. The van der Waals surface area contributed by atoms with Crippen LogP contribution in [-0.4, -0.2) is 28.2 Å². The van der Waals surface area contributed by atoms with Crippen molar-refractivity contribution in [1.29, 1.82) is 0 Å². The van der Waals surface area contributed by atoms with Gasteiger partial charge in [0.15, 0.2) is 5.76 Å². The molecular weight excluding hydrogens is 466 g/mol. The van der Waals surface area contributed by atoms with Gasteiger partial charge >= 0.3 is 0 Å². The summed E-state index contributed by atoms with van der Waals surface area (Å²) in [5, 5.41) is 2.81. The normalized spacial score (nSPS) is 14.6. The first-order valence-electron chi connectivity index (χ1n) is 12.5. The number of amides is 2. The molecule has 0 fully saturated rings. The van der Waals surface area contributed by atoms with E-state index in [0.717, 1.165) is 23.2 Å². The second kappa shape index (κ2) is 11.1. The van der Waals surface area contributed by atoms with Crippen LogP contribution in [0.5, 0.6) is 5.75 Å². The van der Waals surface area contributed by atoms with Crippen LogP contribution < -0.4 is 10.1 Å². The third kappa shape index (κ3) is 5.56. The summed E-state index contributed by atoms with van der Waals surface area (Å²) in [7, 11) is 0. The molecule has 4 aromatic rings. The summed E-state index contributed by atoms with van der Waals surface area (Å²) < 4.78 is 11.8. The summed E-state index contributed by atoms with van der Waals surface area (Å²) in [6.07, 6.45) is 2.96. The SMILES string of the molecule is CCC(=O)N1CCc2ccc(OCc3ccc(C(=O)NCc4ccccn4)o3)cc2C1c1ccccc1. The number of fused-ring (bicyclic) bond motifs is 1. The van der Waals surface area contributed by atoms with Crippen LogP contribution in [0.1, 0.15) is 58.1 Å². The van der Waals surface area contributed by atoms with Gasteiger partial charge in [0.1, 0.15) is 18.1 Å². The van der Waals surface area contributed by atoms with Crippen molar-refractivity contribution in [2.75, 3.05) is 6.54 Å². The minimum Gasteiger partial charge on any atom is -0.486 e. The summed E-state index contributed by atoms with van der Waals surface area (Å²) in [5.74, 6) is 1.27. The van der Waals surface area contributed by atoms with Gasteiger partial charge in [0.05, 0.1) is 18.3 Å². The summed E-state index contributed by atoms with van der Waals surface area (Å²) in [4.78, 5) is 31.4. The zero-order valence-corrected chi connectivity index (χ0v) is 20.7. The van der Waals surface area contributed by atoms with Gasteiger partial charge in [0.2, 0.25) is 5.91 Å². The van der Waals surface area contributed by atoms with Gasteiger partial charge in [0, 0.05) is 19.2 Å². The number of hydrogen-bond donors (Lipinski definition) is 1. The van der Waals surface area contributed by atoms with Crippen molar-refractivity contribution < 1.29 is 18.7 Å². The van der Waals surface area contributed by atoms with Crippen molar-refractivity contribution in [3.8, 4) is 5.75 Å². The van der Waals surface area contributed by atoms with E-state index in [2.05, 4.69) is 28.5 Å². The molecule has 0 radical (unpaired) electrons. The maximum absolute atomic E-state index is 12.8. The van der Waals surface area contributed by atoms with Crippen LogP contribution in [-0.2, 0) is 24.4 Å². The average Bonchev–Trinajstić information content (AvgIpc) is 3.44. The number of rotatable bonds is 8. The van der Waals surface area contributed by atoms with Crippen LogP contribution in [0.4, 0.5) is 0 Å². The third-order valence-corrected chi connectivity index (χ3v) is 6.51. The molecule has 2 aromatic carbocycles. The first-order valence-corrected chi connectivity index (χ1v) is 12.5. The first-order chi connectivity index (χ1) is 18.1. The standard InChI is InChI=1S/C30H29N3O4/c1-2-28(34)33-17-15-21-11-12-24(18-26(21)29(33)22-8-4-3-5-9-22)36-20-25-13-14-27(37-25)30(35)32-19-23-10-6-7-16-31-23/h3-14,16,18,29H,2,15,17,19-20H2,1H3,(H,32,35). The second-order valence-corrected chi connectivity index (χ2v) is 8.92. The minimum absolute atomic E-state index is 0.135. The molecule has 0 bridgehead atoms. The molecule has 188 valence electrons. The number of aromatic nitrogens is 1. The number of hydrogen-bond acceptors (Lipinski definition) is 5. The van der Waals surface area contributed by atoms with E-state index >= 15 is 0 Å². The molecule has 2 aromatic heterocycles. The predicted octanol–water partition coefficient (Wildman–Crippen LogP) is 5.07. The van der Waals surface area contributed by atoms with E-state index in [1.807, 2.05) is 60.4 Å². The third-order valence-electron chi connectivity index (χ3n) is 6.51. The highest BCUT2D eigenvalue weighted by atomic mass is 16.5. The predicted molar refractivity (Wildman–Crippen MR) is 139 cm³/mol. The van der Waals surface area contributed by atoms with Crippen molar-refractivity contribution in [3.05, 3.63) is 119 Å². The fourth-order valence-corrected chi connectivity index (χ4v) is 4.64. The van der Waals surface area contributed by atoms with Crippen LogP contribution in [0.3, 0.4) is 0 Å². The van der Waals surface area contributed by atoms with Gasteiger partial charge in [-0.25, -0.2) is 0 Å². The Balaban J connectivity index is 1.28. The molecule has 1 aliphatic rings. The van der Waals surface area contributed by atoms with Crippen LogP contribution in [0.2, 0.25) is 0 Å². The molecule has 1 aliphatic heterocycles. The molecule has 37 heavy (non-hydrogen) atoms. The van der Waals surface area contributed by atoms with Gasteiger partial charge < -0.3 is 19.4 Å². The summed E-state index contributed by atoms with van der Waals surface area (Å²) in [5.41, 5.74) is 4.14. The van der Waals surface area contributed by atoms with Gasteiger partial charge in [-0.1, -0.05) is 49.4 Å². The molecule has 0 saturated heterocycles. The van der Waals surface area contributed by atoms with Crippen LogP contribution in [0.25, 0.3) is 0 Å². The topological polar surface area (TPSA) is 84.7 Å². The average molecular weight is 496 g/mol. The lowest BCUT2D eigenvalue weighted by molar-refractivity contribution is -0.132. The Morgan fingerprint density at radius 3 is 2.68 bits per heavy atom. The quantitative estimate of drug-likeness (QED) is 0.369. The Labute approximate surface area is 216 Å². The van der Waals surface area contributed by atoms with Crippen LogP contribution >= 0.6 is 0 Å². The van der Waals surface area contributed by atoms with E-state index in [1.165, 1.54) is 5.56 Å². The van der Waals surface area contributed by atoms with Gasteiger partial charge in [0.25, 0.3) is 5.91 Å². The van der Waals surface area contributed by atoms with Crippen molar-refractivity contribution in [2.24, 2.45) is 0 Å². The summed E-state index contributed by atoms with van der Waals surface area (Å²) in [6.45, 7) is 3.09. The van der Waals surface area contributed by atoms with Crippen LogP contribution in [0, 0.1) is 0 Å². The van der Waals surface area contributed by atoms with Gasteiger partial charge in [-0.2, -0.15) is 0 Å². The molecular formula is C30H29N3O4. The largest absolute Gasteiger partial charge is 0.486 e. The molecule has 7 nitrogen and oxygen atoms in total. The number of nitrogens with zero attached hydrogens (tertiary/aromatic N) is 2. The zero-order chi connectivity index (χ0) is 25.6. The molecule has 5 rings (SSSR count). The highest BCUT2D eigenvalue weighted by Crippen LogP contribution is 2.37. The maximum atomic E-state index is 12.8. The van der Waals surface area contributed by atoms with Crippen molar-refractivity contribution in [1.82, 2.24) is 15.2 Å². The number of pyridine rings is 1. The van der Waals surface area contributed by atoms with Crippen molar-refractivity contribution >= 4 is 11.8 Å². The van der Waals surface area contributed by atoms with Gasteiger partial charge in [-0.3, -0.25) is 14.6 Å². The Morgan fingerprint density at radius 1 is 1.05 bits per heavy atom. The smallest absolute Gasteiger partial charge is 0.287 e.